The fraction of sp³-hybridized carbons (Fsp3) is 0.111. The van der Waals surface area contributed by atoms with Crippen LogP contribution < -0.4 is 0 Å². The predicted octanol–water partition coefficient (Wildman–Crippen LogP) is 2.47. The third-order valence-corrected chi connectivity index (χ3v) is 2.89. The zero-order chi connectivity index (χ0) is 11.6. The van der Waals surface area contributed by atoms with Gasteiger partial charge in [0.25, 0.3) is 5.78 Å². The summed E-state index contributed by atoms with van der Waals surface area (Å²) in [6, 6.07) is 2.01. The lowest BCUT2D eigenvalue weighted by Crippen LogP contribution is -2.13. The van der Waals surface area contributed by atoms with Gasteiger partial charge in [0.05, 0.1) is 9.92 Å². The van der Waals surface area contributed by atoms with Crippen LogP contribution in [0.25, 0.3) is 0 Å². The Morgan fingerprint density at radius 1 is 1.47 bits per heavy atom. The van der Waals surface area contributed by atoms with Crippen LogP contribution in [0.1, 0.15) is 10.4 Å². The lowest BCUT2D eigenvalue weighted by atomic mass is 10.1. The molecule has 1 rings (SSSR count). The summed E-state index contributed by atoms with van der Waals surface area (Å²) < 4.78 is 13.3. The molecule has 15 heavy (non-hydrogen) atoms. The monoisotopic (exact) mass is 248 g/mol. The zero-order valence-electron chi connectivity index (χ0n) is 7.58. The number of hydrogen-bond acceptors (Lipinski definition) is 3. The molecule has 0 aliphatic carbocycles. The van der Waals surface area contributed by atoms with E-state index in [1.807, 2.05) is 0 Å². The first-order chi connectivity index (χ1) is 6.97. The molecule has 0 fully saturated rings. The summed E-state index contributed by atoms with van der Waals surface area (Å²) in [6.45, 7) is 0. The first-order valence-corrected chi connectivity index (χ1v) is 5.38. The van der Waals surface area contributed by atoms with E-state index >= 15 is 0 Å². The maximum Gasteiger partial charge on any atom is 0.377 e. The van der Waals surface area contributed by atoms with Crippen molar-refractivity contribution >= 4 is 35.1 Å². The number of ketones is 1. The molecule has 0 saturated carbocycles. The second-order valence-electron chi connectivity index (χ2n) is 2.61. The van der Waals surface area contributed by atoms with Gasteiger partial charge in [0.15, 0.2) is 0 Å². The summed E-state index contributed by atoms with van der Waals surface area (Å²) in [6.07, 6.45) is 1.63. The highest BCUT2D eigenvalue weighted by Gasteiger charge is 2.18. The summed E-state index contributed by atoms with van der Waals surface area (Å²) in [7, 11) is 0. The van der Waals surface area contributed by atoms with Gasteiger partial charge in [-0.3, -0.25) is 4.79 Å². The second-order valence-corrected chi connectivity index (χ2v) is 3.83. The molecular formula is C9H6ClFO3S. The lowest BCUT2D eigenvalue weighted by molar-refractivity contribution is -0.131. The average molecular weight is 249 g/mol. The summed E-state index contributed by atoms with van der Waals surface area (Å²) in [4.78, 5) is 21.6. The quantitative estimate of drug-likeness (QED) is 0.507. The molecule has 0 saturated heterocycles. The van der Waals surface area contributed by atoms with Crippen molar-refractivity contribution in [1.82, 2.24) is 0 Å². The summed E-state index contributed by atoms with van der Waals surface area (Å²) >= 11 is 6.76. The van der Waals surface area contributed by atoms with Crippen LogP contribution in [0.4, 0.5) is 4.39 Å². The SMILES string of the molecule is CSc1c(F)cc(C(=O)C(=O)O)cc1Cl. The Morgan fingerprint density at radius 3 is 2.47 bits per heavy atom. The van der Waals surface area contributed by atoms with Crippen LogP contribution in [0, 0.1) is 5.82 Å². The van der Waals surface area contributed by atoms with Crippen LogP contribution >= 0.6 is 23.4 Å². The number of aliphatic carboxylic acids is 1. The summed E-state index contributed by atoms with van der Waals surface area (Å²) in [5.74, 6) is -3.51. The van der Waals surface area contributed by atoms with E-state index in [0.717, 1.165) is 23.9 Å². The molecule has 0 aliphatic rings. The van der Waals surface area contributed by atoms with Crippen molar-refractivity contribution in [3.63, 3.8) is 0 Å². The third kappa shape index (κ3) is 2.49. The number of rotatable bonds is 3. The molecule has 1 aromatic rings. The molecule has 80 valence electrons. The minimum Gasteiger partial charge on any atom is -0.475 e. The van der Waals surface area contributed by atoms with Crippen molar-refractivity contribution in [2.45, 2.75) is 4.90 Å². The fourth-order valence-corrected chi connectivity index (χ4v) is 1.96. The molecule has 3 nitrogen and oxygen atoms in total. The third-order valence-electron chi connectivity index (χ3n) is 1.66. The molecule has 1 aromatic carbocycles. The molecule has 0 bridgehead atoms. The standard InChI is InChI=1S/C9H6ClFO3S/c1-15-8-5(10)2-4(3-6(8)11)7(12)9(13)14/h2-3H,1H3,(H,13,14). The number of hydrogen-bond donors (Lipinski definition) is 1. The van der Waals surface area contributed by atoms with Crippen LogP contribution in [0.3, 0.4) is 0 Å². The number of Topliss-reactive ketones (excluding diaryl/α,β-unsaturated/α-hetero) is 1. The first-order valence-electron chi connectivity index (χ1n) is 3.78. The van der Waals surface area contributed by atoms with Crippen LogP contribution in [-0.4, -0.2) is 23.1 Å². The van der Waals surface area contributed by atoms with E-state index < -0.39 is 17.6 Å². The molecule has 0 radical (unpaired) electrons. The highest BCUT2D eigenvalue weighted by molar-refractivity contribution is 7.98. The van der Waals surface area contributed by atoms with Crippen molar-refractivity contribution in [3.05, 3.63) is 28.5 Å². The van der Waals surface area contributed by atoms with Crippen molar-refractivity contribution < 1.29 is 19.1 Å². The first kappa shape index (κ1) is 12.0. The maximum absolute atomic E-state index is 13.3. The van der Waals surface area contributed by atoms with Gasteiger partial charge in [-0.15, -0.1) is 11.8 Å². The number of carboxylic acids is 1. The van der Waals surface area contributed by atoms with E-state index in [2.05, 4.69) is 0 Å². The molecule has 6 heteroatoms. The highest BCUT2D eigenvalue weighted by atomic mass is 35.5. The Balaban J connectivity index is 3.26. The van der Waals surface area contributed by atoms with Gasteiger partial charge in [-0.2, -0.15) is 0 Å². The predicted molar refractivity (Wildman–Crippen MR) is 55.2 cm³/mol. The minimum atomic E-state index is -1.64. The maximum atomic E-state index is 13.3. The molecular weight excluding hydrogens is 243 g/mol. The zero-order valence-corrected chi connectivity index (χ0v) is 9.16. The van der Waals surface area contributed by atoms with E-state index in [1.165, 1.54) is 0 Å². The van der Waals surface area contributed by atoms with Gasteiger partial charge in [-0.25, -0.2) is 9.18 Å². The molecule has 0 atom stereocenters. The Kier molecular flexibility index (Phi) is 3.71. The number of benzene rings is 1. The van der Waals surface area contributed by atoms with Crippen LogP contribution in [0.2, 0.25) is 5.02 Å². The average Bonchev–Trinajstić information content (AvgIpc) is 2.15. The van der Waals surface area contributed by atoms with Gasteiger partial charge in [-0.05, 0) is 18.4 Å². The van der Waals surface area contributed by atoms with E-state index in [0.29, 0.717) is 0 Å². The highest BCUT2D eigenvalue weighted by Crippen LogP contribution is 2.29. The Morgan fingerprint density at radius 2 is 2.07 bits per heavy atom. The van der Waals surface area contributed by atoms with Crippen LogP contribution in [0.15, 0.2) is 17.0 Å². The number of carboxylic acid groups (broad SMARTS) is 1. The fourth-order valence-electron chi connectivity index (χ4n) is 1.01. The Hall–Kier alpha value is -1.07. The van der Waals surface area contributed by atoms with Crippen LogP contribution in [0.5, 0.6) is 0 Å². The van der Waals surface area contributed by atoms with Gasteiger partial charge in [0.1, 0.15) is 5.82 Å². The Labute approximate surface area is 94.2 Å². The normalized spacial score (nSPS) is 10.1. The molecule has 0 heterocycles. The van der Waals surface area contributed by atoms with Crippen LogP contribution in [-0.2, 0) is 4.79 Å². The van der Waals surface area contributed by atoms with E-state index in [-0.39, 0.29) is 15.5 Å². The largest absolute Gasteiger partial charge is 0.475 e. The lowest BCUT2D eigenvalue weighted by Gasteiger charge is -2.04. The molecule has 1 N–H and O–H groups in total. The molecule has 0 amide bonds. The van der Waals surface area contributed by atoms with Crippen molar-refractivity contribution in [1.29, 1.82) is 0 Å². The summed E-state index contributed by atoms with van der Waals surface area (Å²) in [5, 5.41) is 8.46. The van der Waals surface area contributed by atoms with Crippen molar-refractivity contribution in [2.24, 2.45) is 0 Å². The van der Waals surface area contributed by atoms with Gasteiger partial charge in [0.2, 0.25) is 0 Å². The molecule has 0 unspecified atom stereocenters. The molecule has 0 aromatic heterocycles. The van der Waals surface area contributed by atoms with E-state index in [4.69, 9.17) is 16.7 Å². The van der Waals surface area contributed by atoms with Gasteiger partial charge >= 0.3 is 5.97 Å². The number of thioether (sulfide) groups is 1. The molecule has 0 aliphatic heterocycles. The number of halogens is 2. The summed E-state index contributed by atoms with van der Waals surface area (Å²) in [5.41, 5.74) is -0.261. The number of carbonyl (C=O) groups is 2. The molecule has 0 spiro atoms. The van der Waals surface area contributed by atoms with Crippen molar-refractivity contribution in [3.8, 4) is 0 Å². The smallest absolute Gasteiger partial charge is 0.377 e. The topological polar surface area (TPSA) is 54.4 Å². The Bertz CT molecular complexity index is 410. The van der Waals surface area contributed by atoms with E-state index in [9.17, 15) is 14.0 Å². The van der Waals surface area contributed by atoms with Gasteiger partial charge in [-0.1, -0.05) is 11.6 Å². The van der Waals surface area contributed by atoms with Gasteiger partial charge in [0, 0.05) is 5.56 Å². The minimum absolute atomic E-state index is 0.0344. The van der Waals surface area contributed by atoms with E-state index in [1.54, 1.807) is 6.26 Å². The van der Waals surface area contributed by atoms with Crippen molar-refractivity contribution in [2.75, 3.05) is 6.26 Å². The second kappa shape index (κ2) is 4.63. The number of carbonyl (C=O) groups excluding carboxylic acids is 1. The van der Waals surface area contributed by atoms with Gasteiger partial charge < -0.3 is 5.11 Å².